The number of methoxy groups -OCH3 is 1. The van der Waals surface area contributed by atoms with E-state index in [9.17, 15) is 0 Å². The first kappa shape index (κ1) is 14.8. The summed E-state index contributed by atoms with van der Waals surface area (Å²) in [5.41, 5.74) is 7.15. The molecule has 1 atom stereocenters. The van der Waals surface area contributed by atoms with Gasteiger partial charge in [-0.25, -0.2) is 0 Å². The summed E-state index contributed by atoms with van der Waals surface area (Å²) in [7, 11) is 1.69. The first-order chi connectivity index (χ1) is 7.69. The van der Waals surface area contributed by atoms with Crippen LogP contribution in [0.3, 0.4) is 0 Å². The van der Waals surface area contributed by atoms with Crippen LogP contribution in [-0.4, -0.2) is 31.1 Å². The molecule has 5 heteroatoms. The molecule has 1 unspecified atom stereocenters. The fraction of sp³-hybridized carbons (Fsp3) is 0.500. The van der Waals surface area contributed by atoms with Crippen LogP contribution in [0.2, 0.25) is 0 Å². The van der Waals surface area contributed by atoms with E-state index >= 15 is 0 Å². The Hall–Kier alpha value is -0.290. The molecule has 1 saturated heterocycles. The quantitative estimate of drug-likeness (QED) is 0.929. The minimum atomic E-state index is 0. The normalized spacial score (nSPS) is 20.1. The minimum absolute atomic E-state index is 0. The first-order valence-electron chi connectivity index (χ1n) is 5.49. The van der Waals surface area contributed by atoms with Gasteiger partial charge in [-0.1, -0.05) is 15.9 Å². The summed E-state index contributed by atoms with van der Waals surface area (Å²) < 4.78 is 6.36. The van der Waals surface area contributed by atoms with E-state index in [1.807, 2.05) is 12.1 Å². The van der Waals surface area contributed by atoms with Gasteiger partial charge in [0.25, 0.3) is 0 Å². The maximum Gasteiger partial charge on any atom is 0.119 e. The lowest BCUT2D eigenvalue weighted by atomic mass is 10.2. The van der Waals surface area contributed by atoms with Gasteiger partial charge in [-0.2, -0.15) is 0 Å². The lowest BCUT2D eigenvalue weighted by Crippen LogP contribution is -2.26. The third kappa shape index (κ3) is 3.85. The maximum atomic E-state index is 5.89. The van der Waals surface area contributed by atoms with Gasteiger partial charge in [0, 0.05) is 30.1 Å². The highest BCUT2D eigenvalue weighted by Gasteiger charge is 2.19. The molecular formula is C12H18BrClN2O. The number of likely N-dealkylation sites (tertiary alicyclic amines) is 1. The Labute approximate surface area is 117 Å². The summed E-state index contributed by atoms with van der Waals surface area (Å²) in [6, 6.07) is 6.41. The van der Waals surface area contributed by atoms with Crippen molar-refractivity contribution in [2.45, 2.75) is 19.0 Å². The number of hydrogen-bond donors (Lipinski definition) is 1. The zero-order chi connectivity index (χ0) is 11.5. The molecule has 3 nitrogen and oxygen atoms in total. The Morgan fingerprint density at radius 3 is 2.88 bits per heavy atom. The number of benzene rings is 1. The van der Waals surface area contributed by atoms with Crippen molar-refractivity contribution >= 4 is 28.3 Å². The van der Waals surface area contributed by atoms with Gasteiger partial charge in [0.1, 0.15) is 5.75 Å². The van der Waals surface area contributed by atoms with Crippen molar-refractivity contribution in [1.29, 1.82) is 0 Å². The van der Waals surface area contributed by atoms with Crippen molar-refractivity contribution in [3.05, 3.63) is 28.2 Å². The summed E-state index contributed by atoms with van der Waals surface area (Å²) in [5.74, 6) is 0.904. The Morgan fingerprint density at radius 2 is 2.29 bits per heavy atom. The smallest absolute Gasteiger partial charge is 0.119 e. The molecule has 17 heavy (non-hydrogen) atoms. The predicted molar refractivity (Wildman–Crippen MR) is 75.8 cm³/mol. The molecule has 96 valence electrons. The Bertz CT molecular complexity index is 376. The van der Waals surface area contributed by atoms with E-state index in [0.29, 0.717) is 6.04 Å². The van der Waals surface area contributed by atoms with Crippen molar-refractivity contribution in [2.75, 3.05) is 20.2 Å². The number of nitrogens with zero attached hydrogens (tertiary/aromatic N) is 1. The SMILES string of the molecule is COc1ccc(Br)c(CN2CCC(N)C2)c1.Cl. The van der Waals surface area contributed by atoms with Crippen LogP contribution in [0.15, 0.2) is 22.7 Å². The van der Waals surface area contributed by atoms with Gasteiger partial charge < -0.3 is 10.5 Å². The third-order valence-corrected chi connectivity index (χ3v) is 3.73. The maximum absolute atomic E-state index is 5.89. The summed E-state index contributed by atoms with van der Waals surface area (Å²) in [6.45, 7) is 3.01. The van der Waals surface area contributed by atoms with E-state index in [1.165, 1.54) is 5.56 Å². The van der Waals surface area contributed by atoms with Gasteiger partial charge in [0.2, 0.25) is 0 Å². The van der Waals surface area contributed by atoms with Crippen molar-refractivity contribution in [2.24, 2.45) is 5.73 Å². The number of rotatable bonds is 3. The van der Waals surface area contributed by atoms with Crippen LogP contribution < -0.4 is 10.5 Å². The highest BCUT2D eigenvalue weighted by Crippen LogP contribution is 2.24. The van der Waals surface area contributed by atoms with E-state index in [0.717, 1.165) is 36.3 Å². The average molecular weight is 322 g/mol. The van der Waals surface area contributed by atoms with Crippen LogP contribution in [0.1, 0.15) is 12.0 Å². The predicted octanol–water partition coefficient (Wildman–Crippen LogP) is 2.41. The van der Waals surface area contributed by atoms with Crippen molar-refractivity contribution in [3.63, 3.8) is 0 Å². The van der Waals surface area contributed by atoms with Gasteiger partial charge in [-0.05, 0) is 30.2 Å². The second-order valence-corrected chi connectivity index (χ2v) is 5.10. The van der Waals surface area contributed by atoms with Crippen LogP contribution in [0.5, 0.6) is 5.75 Å². The van der Waals surface area contributed by atoms with E-state index in [2.05, 4.69) is 26.9 Å². The zero-order valence-electron chi connectivity index (χ0n) is 9.86. The number of hydrogen-bond acceptors (Lipinski definition) is 3. The number of halogens is 2. The van der Waals surface area contributed by atoms with Crippen LogP contribution >= 0.6 is 28.3 Å². The van der Waals surface area contributed by atoms with Crippen molar-refractivity contribution in [1.82, 2.24) is 4.90 Å². The van der Waals surface area contributed by atoms with Gasteiger partial charge >= 0.3 is 0 Å². The molecule has 0 aromatic heterocycles. The van der Waals surface area contributed by atoms with Crippen LogP contribution in [0.25, 0.3) is 0 Å². The molecule has 1 aliphatic heterocycles. The zero-order valence-corrected chi connectivity index (χ0v) is 12.3. The molecule has 0 bridgehead atoms. The highest BCUT2D eigenvalue weighted by atomic mass is 79.9. The van der Waals surface area contributed by atoms with Gasteiger partial charge in [0.05, 0.1) is 7.11 Å². The second-order valence-electron chi connectivity index (χ2n) is 4.24. The average Bonchev–Trinajstić information content (AvgIpc) is 2.67. The summed E-state index contributed by atoms with van der Waals surface area (Å²) in [4.78, 5) is 2.38. The highest BCUT2D eigenvalue weighted by molar-refractivity contribution is 9.10. The number of ether oxygens (including phenoxy) is 1. The largest absolute Gasteiger partial charge is 0.497 e. The molecule has 0 amide bonds. The summed E-state index contributed by atoms with van der Waals surface area (Å²) >= 11 is 3.57. The van der Waals surface area contributed by atoms with Crippen LogP contribution in [-0.2, 0) is 6.54 Å². The molecule has 0 aliphatic carbocycles. The van der Waals surface area contributed by atoms with Gasteiger partial charge in [-0.3, -0.25) is 4.90 Å². The standard InChI is InChI=1S/C12H17BrN2O.ClH/c1-16-11-2-3-12(13)9(6-11)7-15-5-4-10(14)8-15;/h2-3,6,10H,4-5,7-8,14H2,1H3;1H. The molecule has 0 spiro atoms. The molecule has 1 aromatic rings. The minimum Gasteiger partial charge on any atom is -0.497 e. The first-order valence-corrected chi connectivity index (χ1v) is 6.28. The lowest BCUT2D eigenvalue weighted by molar-refractivity contribution is 0.325. The molecular weight excluding hydrogens is 304 g/mol. The van der Waals surface area contributed by atoms with Crippen molar-refractivity contribution in [3.8, 4) is 5.75 Å². The fourth-order valence-electron chi connectivity index (χ4n) is 2.05. The molecule has 2 rings (SSSR count). The molecule has 2 N–H and O–H groups in total. The Balaban J connectivity index is 0.00000144. The molecule has 0 radical (unpaired) electrons. The van der Waals surface area contributed by atoms with Crippen molar-refractivity contribution < 1.29 is 4.74 Å². The third-order valence-electron chi connectivity index (χ3n) is 2.96. The lowest BCUT2D eigenvalue weighted by Gasteiger charge is -2.16. The topological polar surface area (TPSA) is 38.5 Å². The molecule has 1 heterocycles. The van der Waals surface area contributed by atoms with E-state index < -0.39 is 0 Å². The Morgan fingerprint density at radius 1 is 1.53 bits per heavy atom. The number of nitrogens with two attached hydrogens (primary N) is 1. The Kier molecular flexibility index (Phi) is 5.73. The molecule has 1 aromatic carbocycles. The monoisotopic (exact) mass is 320 g/mol. The van der Waals surface area contributed by atoms with Crippen LogP contribution in [0.4, 0.5) is 0 Å². The van der Waals surface area contributed by atoms with E-state index in [-0.39, 0.29) is 12.4 Å². The van der Waals surface area contributed by atoms with Gasteiger partial charge in [-0.15, -0.1) is 12.4 Å². The summed E-state index contributed by atoms with van der Waals surface area (Å²) in [5, 5.41) is 0. The van der Waals surface area contributed by atoms with E-state index in [1.54, 1.807) is 7.11 Å². The summed E-state index contributed by atoms with van der Waals surface area (Å²) in [6.07, 6.45) is 1.10. The van der Waals surface area contributed by atoms with Gasteiger partial charge in [0.15, 0.2) is 0 Å². The molecule has 1 aliphatic rings. The second kappa shape index (κ2) is 6.59. The van der Waals surface area contributed by atoms with E-state index in [4.69, 9.17) is 10.5 Å². The molecule has 0 saturated carbocycles. The molecule has 1 fully saturated rings. The fourth-order valence-corrected chi connectivity index (χ4v) is 2.42. The van der Waals surface area contributed by atoms with Crippen LogP contribution in [0, 0.1) is 0 Å².